The summed E-state index contributed by atoms with van der Waals surface area (Å²) in [5, 5.41) is 58.5. The van der Waals surface area contributed by atoms with Crippen molar-refractivity contribution in [2.45, 2.75) is 26.2 Å². The Morgan fingerprint density at radius 3 is 1.18 bits per heavy atom. The summed E-state index contributed by atoms with van der Waals surface area (Å²) in [6.45, 7) is 6.46. The molecule has 0 spiro atoms. The van der Waals surface area contributed by atoms with Crippen molar-refractivity contribution in [3.05, 3.63) is 459 Å². The van der Waals surface area contributed by atoms with Crippen molar-refractivity contribution in [1.29, 1.82) is 21.0 Å². The minimum atomic E-state index is -0.426. The van der Waals surface area contributed by atoms with Crippen LogP contribution in [0.2, 0.25) is 0 Å². The van der Waals surface area contributed by atoms with Gasteiger partial charge < -0.3 is 13.7 Å². The molecular weight excluding hydrogens is 1730 g/mol. The minimum absolute atomic E-state index is 0.0958. The summed E-state index contributed by atoms with van der Waals surface area (Å²) in [6, 6.07) is 145. The number of nitriles is 4. The van der Waals surface area contributed by atoms with Crippen LogP contribution < -0.4 is 0 Å². The fourth-order valence-corrected chi connectivity index (χ4v) is 21.4. The van der Waals surface area contributed by atoms with Crippen molar-refractivity contribution in [2.24, 2.45) is 0 Å². The molecule has 0 saturated heterocycles. The van der Waals surface area contributed by atoms with Gasteiger partial charge in [-0.2, -0.15) is 21.0 Å². The molecule has 0 amide bonds. The number of rotatable bonds is 9. The van der Waals surface area contributed by atoms with Crippen molar-refractivity contribution < 1.29 is 6.85 Å². The molecule has 0 saturated carbocycles. The van der Waals surface area contributed by atoms with Crippen LogP contribution in [-0.2, 0) is 5.41 Å². The molecule has 9 heterocycles. The zero-order chi connectivity index (χ0) is 99.5. The van der Waals surface area contributed by atoms with Crippen molar-refractivity contribution in [1.82, 2.24) is 47.3 Å². The summed E-state index contributed by atoms with van der Waals surface area (Å²) in [6.07, 6.45) is 0. The molecule has 0 radical (unpaired) electrons. The number of hydrogen-bond acceptors (Lipinski definition) is 8. The standard InChI is InChI=1S/C44H26N4.C43H31N5.C41H23N5/c45-27-31-26-43(46-38-16-8-6-13-33(31)38)48-39-17-9-7-15-35(39)36-21-18-30(25-42(36)48)29-20-22-40-37(24-29)44-34-14-5-4-10-28(34)19-23-41(44)47(40)32-11-2-1-3-12-32;1-43(2,3)29-19-21-34-36(25-29)45-42(46-37(34)26-44)48-39-16-10-8-14-32(39)35-23-27(18-22-40(35)48)28-17-20-33-31-13-7-9-15-38(31)47(41(33)24-28)30-11-5-4-6-12-30;42-24-34-29-12-4-7-15-36(29)44-41(35(34)25-43)46-38-17-9-6-14-31(38)33-23-27(19-21-40(33)46)26-18-20-39-32(22-26)30-13-5-8-16-37(30)45(39)28-10-2-1-3-11-28/h1-26H;4-25H,1-3H3;1-23H/i;4D,5D,6D,11D,12D;. The molecule has 28 rings (SSSR count). The highest BCUT2D eigenvalue weighted by molar-refractivity contribution is 6.23. The molecule has 142 heavy (non-hydrogen) atoms. The third-order valence-electron chi connectivity index (χ3n) is 28.0. The van der Waals surface area contributed by atoms with Gasteiger partial charge >= 0.3 is 0 Å². The molecule has 19 aromatic carbocycles. The van der Waals surface area contributed by atoms with E-state index in [2.05, 4.69) is 295 Å². The van der Waals surface area contributed by atoms with E-state index in [4.69, 9.17) is 26.8 Å². The van der Waals surface area contributed by atoms with Gasteiger partial charge in [0.05, 0.1) is 107 Å². The van der Waals surface area contributed by atoms with Crippen LogP contribution in [0.3, 0.4) is 0 Å². The topological polar surface area (TPSA) is 176 Å². The minimum Gasteiger partial charge on any atom is -0.309 e. The highest BCUT2D eigenvalue weighted by atomic mass is 15.2. The number of hydrogen-bond donors (Lipinski definition) is 0. The molecule has 0 aliphatic rings. The highest BCUT2D eigenvalue weighted by Gasteiger charge is 2.27. The lowest BCUT2D eigenvalue weighted by atomic mass is 9.86. The number of para-hydroxylation sites is 10. The van der Waals surface area contributed by atoms with Gasteiger partial charge in [0, 0.05) is 97.9 Å². The van der Waals surface area contributed by atoms with Gasteiger partial charge in [-0.15, -0.1) is 0 Å². The van der Waals surface area contributed by atoms with Crippen molar-refractivity contribution >= 4 is 174 Å². The summed E-state index contributed by atoms with van der Waals surface area (Å²) in [5.41, 5.74) is 25.4. The molecule has 14 heteroatoms. The quantitative estimate of drug-likeness (QED) is 0.137. The Kier molecular flexibility index (Phi) is 18.1. The maximum atomic E-state index is 10.3. The van der Waals surface area contributed by atoms with Gasteiger partial charge in [-0.3, -0.25) is 13.7 Å². The zero-order valence-electron chi connectivity index (χ0n) is 81.9. The Morgan fingerprint density at radius 1 is 0.246 bits per heavy atom. The SMILES string of the molecule is N#Cc1c(-n2c3ccccc3c3cc(-c4ccc5c(c4)c4ccccc4n5-c4ccccc4)ccc32)nc2ccccc2c1C#N.N#Cc1cc(-n2c3ccccc3c3ccc(-c4ccc5c(c4)c4c6ccccc6ccc4n5-c4ccccc4)cc32)nc2ccccc12.[2H]c1c([2H])c([2H])c(-n2c3ccccc3c3ccc(-c4ccc5c(c4)c4ccccc4n5-c4nc(C#N)c5ccc(C(C)(C)C)cc5n4)cc32)c([2H])c1[2H]. The molecule has 28 aromatic rings. The fraction of sp³-hybridized carbons (Fsp3) is 0.0312. The molecule has 0 fully saturated rings. The maximum Gasteiger partial charge on any atom is 0.236 e. The second-order valence-electron chi connectivity index (χ2n) is 36.9. The lowest BCUT2D eigenvalue weighted by Gasteiger charge is -2.19. The number of aromatic nitrogens is 10. The van der Waals surface area contributed by atoms with Gasteiger partial charge in [0.2, 0.25) is 5.95 Å². The summed E-state index contributed by atoms with van der Waals surface area (Å²) >= 11 is 0. The van der Waals surface area contributed by atoms with Gasteiger partial charge in [-0.05, 0) is 219 Å². The van der Waals surface area contributed by atoms with E-state index >= 15 is 0 Å². The van der Waals surface area contributed by atoms with Crippen LogP contribution in [0, 0.1) is 45.3 Å². The normalized spacial score (nSPS) is 12.2. The number of pyridine rings is 2. The van der Waals surface area contributed by atoms with Crippen LogP contribution in [0.5, 0.6) is 0 Å². The van der Waals surface area contributed by atoms with E-state index in [-0.39, 0.29) is 40.8 Å². The molecule has 9 aromatic heterocycles. The molecule has 0 aliphatic heterocycles. The van der Waals surface area contributed by atoms with Crippen LogP contribution in [0.15, 0.2) is 431 Å². The Hall–Kier alpha value is -19.6. The molecule has 14 nitrogen and oxygen atoms in total. The monoisotopic (exact) mass is 1820 g/mol. The molecule has 0 aliphatic carbocycles. The average molecular weight is 1820 g/mol. The third-order valence-corrected chi connectivity index (χ3v) is 28.0. The molecule has 0 atom stereocenters. The van der Waals surface area contributed by atoms with Crippen LogP contribution in [0.4, 0.5) is 0 Å². The number of fused-ring (bicyclic) bond motifs is 23. The Balaban J connectivity index is 0.000000112. The van der Waals surface area contributed by atoms with Crippen molar-refractivity contribution in [2.75, 3.05) is 0 Å². The predicted molar refractivity (Wildman–Crippen MR) is 580 cm³/mol. The van der Waals surface area contributed by atoms with Gasteiger partial charge in [-0.25, -0.2) is 19.9 Å². The molecular formula is C128H80N14. The number of nitrogens with zero attached hydrogens (tertiary/aromatic N) is 14. The van der Waals surface area contributed by atoms with E-state index in [1.165, 1.54) is 48.9 Å². The largest absolute Gasteiger partial charge is 0.309 e. The van der Waals surface area contributed by atoms with E-state index in [0.29, 0.717) is 50.4 Å². The smallest absolute Gasteiger partial charge is 0.236 e. The van der Waals surface area contributed by atoms with Crippen LogP contribution in [0.1, 0.15) is 55.6 Å². The van der Waals surface area contributed by atoms with E-state index < -0.39 is 6.04 Å². The van der Waals surface area contributed by atoms with Crippen molar-refractivity contribution in [3.8, 4) is 92.3 Å². The van der Waals surface area contributed by atoms with E-state index in [1.54, 1.807) is 4.57 Å². The first-order valence-corrected chi connectivity index (χ1v) is 47.1. The second-order valence-corrected chi connectivity index (χ2v) is 36.9. The van der Waals surface area contributed by atoms with Gasteiger partial charge in [0.25, 0.3) is 0 Å². The molecule has 0 bridgehead atoms. The lowest BCUT2D eigenvalue weighted by molar-refractivity contribution is 0.591. The van der Waals surface area contributed by atoms with Gasteiger partial charge in [0.15, 0.2) is 11.5 Å². The summed E-state index contributed by atoms with van der Waals surface area (Å²) in [4.78, 5) is 19.8. The fourth-order valence-electron chi connectivity index (χ4n) is 21.4. The van der Waals surface area contributed by atoms with E-state index in [0.717, 1.165) is 160 Å². The first-order chi connectivity index (χ1) is 72.0. The summed E-state index contributed by atoms with van der Waals surface area (Å²) in [5.74, 6) is 1.62. The summed E-state index contributed by atoms with van der Waals surface area (Å²) in [7, 11) is 0. The van der Waals surface area contributed by atoms with Crippen molar-refractivity contribution in [3.63, 3.8) is 0 Å². The first kappa shape index (κ1) is 77.6. The van der Waals surface area contributed by atoms with E-state index in [1.807, 2.05) is 173 Å². The zero-order valence-corrected chi connectivity index (χ0v) is 76.9. The van der Waals surface area contributed by atoms with Gasteiger partial charge in [-0.1, -0.05) is 288 Å². The lowest BCUT2D eigenvalue weighted by Crippen LogP contribution is -2.11. The Bertz CT molecular complexity index is 10700. The highest BCUT2D eigenvalue weighted by Crippen LogP contribution is 2.46. The third kappa shape index (κ3) is 13.4. The van der Waals surface area contributed by atoms with Crippen LogP contribution in [0.25, 0.3) is 242 Å². The van der Waals surface area contributed by atoms with Gasteiger partial charge in [0.1, 0.15) is 29.6 Å². The molecule has 662 valence electrons. The van der Waals surface area contributed by atoms with Crippen LogP contribution >= 0.6 is 0 Å². The van der Waals surface area contributed by atoms with E-state index in [9.17, 15) is 21.0 Å². The Labute approximate surface area is 821 Å². The first-order valence-electron chi connectivity index (χ1n) is 49.6. The molecule has 0 unspecified atom stereocenters. The Morgan fingerprint density at radius 2 is 0.641 bits per heavy atom. The number of benzene rings is 19. The predicted octanol–water partition coefficient (Wildman–Crippen LogP) is 31.6. The van der Waals surface area contributed by atoms with Crippen LogP contribution in [-0.4, -0.2) is 47.3 Å². The average Bonchev–Trinajstić information content (AvgIpc) is 1.58. The summed E-state index contributed by atoms with van der Waals surface area (Å²) < 4.78 is 55.3. The maximum absolute atomic E-state index is 10.3. The molecule has 0 N–H and O–H groups in total. The second kappa shape index (κ2) is 33.1.